The van der Waals surface area contributed by atoms with E-state index in [9.17, 15) is 0 Å². The van der Waals surface area contributed by atoms with Gasteiger partial charge in [0.05, 0.1) is 18.0 Å². The Labute approximate surface area is 214 Å². The van der Waals surface area contributed by atoms with Gasteiger partial charge in [0, 0.05) is 57.1 Å². The molecule has 0 spiro atoms. The van der Waals surface area contributed by atoms with Crippen LogP contribution in [0.3, 0.4) is 0 Å². The molecule has 0 radical (unpaired) electrons. The summed E-state index contributed by atoms with van der Waals surface area (Å²) >= 11 is 0. The molecule has 0 aliphatic carbocycles. The highest BCUT2D eigenvalue weighted by Crippen LogP contribution is 2.21. The van der Waals surface area contributed by atoms with Crippen LogP contribution in [0.2, 0.25) is 0 Å². The molecule has 182 valence electrons. The fourth-order valence-corrected chi connectivity index (χ4v) is 5.13. The van der Waals surface area contributed by atoms with Crippen molar-refractivity contribution in [1.82, 2.24) is 19.8 Å². The third-order valence-electron chi connectivity index (χ3n) is 7.16. The number of nitrogens with one attached hydrogen (secondary N) is 1. The van der Waals surface area contributed by atoms with E-state index in [4.69, 9.17) is 5.26 Å². The molecule has 5 rings (SSSR count). The summed E-state index contributed by atoms with van der Waals surface area (Å²) in [5, 5.41) is 12.9. The second-order valence-electron chi connectivity index (χ2n) is 9.79. The molecule has 1 aliphatic heterocycles. The second kappa shape index (κ2) is 11.3. The zero-order valence-corrected chi connectivity index (χ0v) is 20.9. The number of fused-ring (bicyclic) bond motifs is 1. The molecule has 0 amide bonds. The van der Waals surface area contributed by atoms with Gasteiger partial charge in [-0.2, -0.15) is 5.26 Å². The Kier molecular flexibility index (Phi) is 7.56. The Morgan fingerprint density at radius 3 is 2.56 bits per heavy atom. The number of imidazole rings is 1. The lowest BCUT2D eigenvalue weighted by Crippen LogP contribution is -2.41. The van der Waals surface area contributed by atoms with Gasteiger partial charge in [-0.05, 0) is 53.3 Å². The molecule has 1 aliphatic rings. The van der Waals surface area contributed by atoms with E-state index in [1.165, 1.54) is 33.5 Å². The van der Waals surface area contributed by atoms with Crippen molar-refractivity contribution in [3.8, 4) is 6.07 Å². The zero-order valence-electron chi connectivity index (χ0n) is 20.9. The van der Waals surface area contributed by atoms with Gasteiger partial charge in [0.15, 0.2) is 0 Å². The highest BCUT2D eigenvalue weighted by atomic mass is 15.2. The van der Waals surface area contributed by atoms with E-state index in [0.717, 1.165) is 45.6 Å². The van der Waals surface area contributed by atoms with E-state index >= 15 is 0 Å². The van der Waals surface area contributed by atoms with Gasteiger partial charge in [0.2, 0.25) is 0 Å². The first kappa shape index (κ1) is 24.0. The molecular weight excluding hydrogens is 442 g/mol. The average molecular weight is 476 g/mol. The first-order chi connectivity index (χ1) is 17.7. The van der Waals surface area contributed by atoms with E-state index in [-0.39, 0.29) is 0 Å². The van der Waals surface area contributed by atoms with Gasteiger partial charge in [-0.25, -0.2) is 4.98 Å². The van der Waals surface area contributed by atoms with Crippen molar-refractivity contribution in [2.24, 2.45) is 0 Å². The van der Waals surface area contributed by atoms with Crippen LogP contribution in [0.5, 0.6) is 0 Å². The normalized spacial score (nSPS) is 15.7. The van der Waals surface area contributed by atoms with Gasteiger partial charge < -0.3 is 9.88 Å². The monoisotopic (exact) mass is 475 g/mol. The zero-order chi connectivity index (χ0) is 24.7. The second-order valence-corrected chi connectivity index (χ2v) is 9.79. The minimum absolute atomic E-state index is 0.396. The maximum absolute atomic E-state index is 9.03. The van der Waals surface area contributed by atoms with Gasteiger partial charge in [-0.1, -0.05) is 60.7 Å². The Morgan fingerprint density at radius 1 is 0.972 bits per heavy atom. The SMILES string of the molecule is Cc1ccccc1CN1Cc2ccccc2CC(NCCc2cncn2Cc2ccc(C#N)cc2)C1. The molecule has 0 fully saturated rings. The molecule has 4 aromatic rings. The highest BCUT2D eigenvalue weighted by Gasteiger charge is 2.22. The van der Waals surface area contributed by atoms with Crippen molar-refractivity contribution < 1.29 is 0 Å². The average Bonchev–Trinajstić information content (AvgIpc) is 3.25. The lowest BCUT2D eigenvalue weighted by molar-refractivity contribution is 0.233. The summed E-state index contributed by atoms with van der Waals surface area (Å²) in [5.41, 5.74) is 8.74. The number of hydrogen-bond acceptors (Lipinski definition) is 4. The predicted octanol–water partition coefficient (Wildman–Crippen LogP) is 4.87. The smallest absolute Gasteiger partial charge is 0.0991 e. The van der Waals surface area contributed by atoms with Crippen LogP contribution in [0.1, 0.15) is 39.1 Å². The fourth-order valence-electron chi connectivity index (χ4n) is 5.13. The summed E-state index contributed by atoms with van der Waals surface area (Å²) in [7, 11) is 0. The van der Waals surface area contributed by atoms with Crippen molar-refractivity contribution in [1.29, 1.82) is 5.26 Å². The van der Waals surface area contributed by atoms with Crippen LogP contribution in [-0.2, 0) is 32.5 Å². The van der Waals surface area contributed by atoms with Crippen molar-refractivity contribution in [3.63, 3.8) is 0 Å². The standard InChI is InChI=1S/C31H33N5/c1-24-6-2-3-8-28(24)20-35-21-29-9-5-4-7-27(29)16-30(22-35)34-15-14-31-18-33-23-36(31)19-26-12-10-25(17-32)11-13-26/h2-13,18,23,30,34H,14-16,19-22H2,1H3. The number of hydrogen-bond donors (Lipinski definition) is 1. The van der Waals surface area contributed by atoms with E-state index < -0.39 is 0 Å². The summed E-state index contributed by atoms with van der Waals surface area (Å²) in [6.07, 6.45) is 5.84. The van der Waals surface area contributed by atoms with Crippen LogP contribution in [-0.4, -0.2) is 33.6 Å². The number of aryl methyl sites for hydroxylation is 1. The summed E-state index contributed by atoms with van der Waals surface area (Å²) in [6.45, 7) is 6.86. The molecular formula is C31H33N5. The van der Waals surface area contributed by atoms with Crippen molar-refractivity contribution in [3.05, 3.63) is 124 Å². The third-order valence-corrected chi connectivity index (χ3v) is 7.16. The van der Waals surface area contributed by atoms with Crippen LogP contribution in [0.25, 0.3) is 0 Å². The topological polar surface area (TPSA) is 56.9 Å². The Balaban J connectivity index is 1.23. The van der Waals surface area contributed by atoms with E-state index in [1.54, 1.807) is 0 Å². The van der Waals surface area contributed by atoms with Crippen LogP contribution in [0.15, 0.2) is 85.3 Å². The molecule has 0 saturated heterocycles. The maximum Gasteiger partial charge on any atom is 0.0991 e. The quantitative estimate of drug-likeness (QED) is 0.395. The highest BCUT2D eigenvalue weighted by molar-refractivity contribution is 5.32. The molecule has 1 atom stereocenters. The number of benzene rings is 3. The Morgan fingerprint density at radius 2 is 1.75 bits per heavy atom. The number of nitrogens with zero attached hydrogens (tertiary/aromatic N) is 4. The van der Waals surface area contributed by atoms with E-state index in [1.807, 2.05) is 36.8 Å². The molecule has 1 unspecified atom stereocenters. The number of aromatic nitrogens is 2. The van der Waals surface area contributed by atoms with E-state index in [2.05, 4.69) is 81.3 Å². The summed E-state index contributed by atoms with van der Waals surface area (Å²) in [6, 6.07) is 28.0. The van der Waals surface area contributed by atoms with Gasteiger partial charge in [-0.3, -0.25) is 4.90 Å². The van der Waals surface area contributed by atoms with Gasteiger partial charge in [0.25, 0.3) is 0 Å². The Hall–Kier alpha value is -3.72. The van der Waals surface area contributed by atoms with E-state index in [0.29, 0.717) is 11.6 Å². The molecule has 36 heavy (non-hydrogen) atoms. The number of nitriles is 1. The summed E-state index contributed by atoms with van der Waals surface area (Å²) in [4.78, 5) is 6.99. The largest absolute Gasteiger partial charge is 0.330 e. The number of rotatable bonds is 8. The first-order valence-corrected chi connectivity index (χ1v) is 12.7. The summed E-state index contributed by atoms with van der Waals surface area (Å²) in [5.74, 6) is 0. The Bertz CT molecular complexity index is 1330. The minimum atomic E-state index is 0.396. The minimum Gasteiger partial charge on any atom is -0.330 e. The summed E-state index contributed by atoms with van der Waals surface area (Å²) < 4.78 is 2.20. The molecule has 1 aromatic heterocycles. The first-order valence-electron chi connectivity index (χ1n) is 12.7. The molecule has 0 saturated carbocycles. The molecule has 5 nitrogen and oxygen atoms in total. The van der Waals surface area contributed by atoms with Crippen molar-refractivity contribution in [2.75, 3.05) is 13.1 Å². The third kappa shape index (κ3) is 5.91. The predicted molar refractivity (Wildman–Crippen MR) is 143 cm³/mol. The molecule has 3 aromatic carbocycles. The van der Waals surface area contributed by atoms with Gasteiger partial charge in [0.1, 0.15) is 0 Å². The fraction of sp³-hybridized carbons (Fsp3) is 0.290. The maximum atomic E-state index is 9.03. The lowest BCUT2D eigenvalue weighted by Gasteiger charge is -2.26. The van der Waals surface area contributed by atoms with Crippen LogP contribution in [0, 0.1) is 18.3 Å². The molecule has 2 heterocycles. The molecule has 5 heteroatoms. The lowest BCUT2D eigenvalue weighted by atomic mass is 10.0. The molecule has 0 bridgehead atoms. The van der Waals surface area contributed by atoms with Crippen LogP contribution < -0.4 is 5.32 Å². The van der Waals surface area contributed by atoms with Crippen LogP contribution in [0.4, 0.5) is 0 Å². The van der Waals surface area contributed by atoms with Crippen molar-refractivity contribution in [2.45, 2.75) is 45.4 Å². The van der Waals surface area contributed by atoms with Crippen LogP contribution >= 0.6 is 0 Å². The van der Waals surface area contributed by atoms with Gasteiger partial charge in [-0.15, -0.1) is 0 Å². The van der Waals surface area contributed by atoms with Gasteiger partial charge >= 0.3 is 0 Å². The van der Waals surface area contributed by atoms with Crippen molar-refractivity contribution >= 4 is 0 Å². The molecule has 1 N–H and O–H groups in total.